The third kappa shape index (κ3) is 3.65. The molecular formula is C17H16ClN3O3. The molecule has 2 heterocycles. The van der Waals surface area contributed by atoms with Crippen LogP contribution in [0.25, 0.3) is 0 Å². The lowest BCUT2D eigenvalue weighted by atomic mass is 10.1. The van der Waals surface area contributed by atoms with Gasteiger partial charge in [-0.25, -0.2) is 4.98 Å². The number of anilines is 2. The summed E-state index contributed by atoms with van der Waals surface area (Å²) in [5.41, 5.74) is 2.29. The summed E-state index contributed by atoms with van der Waals surface area (Å²) < 4.78 is 5.42. The van der Waals surface area contributed by atoms with E-state index in [1.165, 1.54) is 6.20 Å². The Morgan fingerprint density at radius 1 is 1.38 bits per heavy atom. The molecule has 0 unspecified atom stereocenters. The van der Waals surface area contributed by atoms with E-state index in [9.17, 15) is 9.59 Å². The Kier molecular flexibility index (Phi) is 4.66. The van der Waals surface area contributed by atoms with Crippen molar-refractivity contribution in [1.29, 1.82) is 0 Å². The second-order valence-corrected chi connectivity index (χ2v) is 5.86. The van der Waals surface area contributed by atoms with E-state index >= 15 is 0 Å². The molecule has 124 valence electrons. The zero-order valence-electron chi connectivity index (χ0n) is 13.1. The molecule has 1 aromatic carbocycles. The summed E-state index contributed by atoms with van der Waals surface area (Å²) >= 11 is 5.79. The first kappa shape index (κ1) is 16.3. The van der Waals surface area contributed by atoms with Crippen LogP contribution in [0.15, 0.2) is 36.5 Å². The molecule has 0 radical (unpaired) electrons. The maximum absolute atomic E-state index is 12.1. The van der Waals surface area contributed by atoms with Crippen LogP contribution >= 0.6 is 11.6 Å². The number of pyridine rings is 1. The van der Waals surface area contributed by atoms with Crippen molar-refractivity contribution in [1.82, 2.24) is 4.98 Å². The van der Waals surface area contributed by atoms with Crippen molar-refractivity contribution in [2.24, 2.45) is 0 Å². The number of halogens is 1. The molecule has 0 spiro atoms. The fourth-order valence-electron chi connectivity index (χ4n) is 2.47. The first-order valence-electron chi connectivity index (χ1n) is 7.48. The zero-order chi connectivity index (χ0) is 17.1. The maximum atomic E-state index is 12.1. The molecule has 0 saturated carbocycles. The van der Waals surface area contributed by atoms with Crippen LogP contribution < -0.4 is 15.0 Å². The van der Waals surface area contributed by atoms with Crippen molar-refractivity contribution >= 4 is 34.8 Å². The molecule has 0 atom stereocenters. The van der Waals surface area contributed by atoms with Gasteiger partial charge in [-0.1, -0.05) is 17.7 Å². The molecular weight excluding hydrogens is 330 g/mol. The minimum atomic E-state index is -0.203. The van der Waals surface area contributed by atoms with Gasteiger partial charge in [0, 0.05) is 24.8 Å². The standard InChI is InChI=1S/C17H16ClN3O3/c1-11-2-3-14-13(8-11)21(17(23)10-24-14)7-5-16(22)20-12-4-6-19-15(18)9-12/h2-4,6,8-9H,5,7,10H2,1H3,(H,19,20,22). The van der Waals surface area contributed by atoms with E-state index in [-0.39, 0.29) is 31.4 Å². The molecule has 7 heteroatoms. The van der Waals surface area contributed by atoms with E-state index < -0.39 is 0 Å². The Labute approximate surface area is 144 Å². The molecule has 1 aliphatic rings. The van der Waals surface area contributed by atoms with Gasteiger partial charge in [0.2, 0.25) is 5.91 Å². The van der Waals surface area contributed by atoms with Gasteiger partial charge >= 0.3 is 0 Å². The van der Waals surface area contributed by atoms with E-state index in [1.807, 2.05) is 25.1 Å². The van der Waals surface area contributed by atoms with Crippen LogP contribution in [-0.4, -0.2) is 29.9 Å². The third-order valence-electron chi connectivity index (χ3n) is 3.63. The summed E-state index contributed by atoms with van der Waals surface area (Å²) in [6.45, 7) is 2.21. The maximum Gasteiger partial charge on any atom is 0.265 e. The highest BCUT2D eigenvalue weighted by Gasteiger charge is 2.25. The number of carbonyl (C=O) groups is 2. The van der Waals surface area contributed by atoms with Gasteiger partial charge < -0.3 is 15.0 Å². The average Bonchev–Trinajstić information content (AvgIpc) is 2.54. The predicted molar refractivity (Wildman–Crippen MR) is 91.5 cm³/mol. The number of ether oxygens (including phenoxy) is 1. The summed E-state index contributed by atoms with van der Waals surface area (Å²) in [5, 5.41) is 3.05. The van der Waals surface area contributed by atoms with Crippen LogP contribution in [0, 0.1) is 6.92 Å². The lowest BCUT2D eigenvalue weighted by Crippen LogP contribution is -2.40. The number of nitrogens with zero attached hydrogens (tertiary/aromatic N) is 2. The number of nitrogens with one attached hydrogen (secondary N) is 1. The lowest BCUT2D eigenvalue weighted by molar-refractivity contribution is -0.121. The monoisotopic (exact) mass is 345 g/mol. The minimum absolute atomic E-state index is 0.0162. The van der Waals surface area contributed by atoms with E-state index in [2.05, 4.69) is 10.3 Å². The summed E-state index contributed by atoms with van der Waals surface area (Å²) in [6, 6.07) is 8.86. The fraction of sp³-hybridized carbons (Fsp3) is 0.235. The van der Waals surface area contributed by atoms with Crippen molar-refractivity contribution in [2.75, 3.05) is 23.4 Å². The van der Waals surface area contributed by atoms with Crippen LogP contribution in [-0.2, 0) is 9.59 Å². The van der Waals surface area contributed by atoms with Crippen LogP contribution in [0.3, 0.4) is 0 Å². The summed E-state index contributed by atoms with van der Waals surface area (Å²) in [6.07, 6.45) is 1.68. The number of rotatable bonds is 4. The van der Waals surface area contributed by atoms with Gasteiger partial charge in [-0.15, -0.1) is 0 Å². The first-order valence-corrected chi connectivity index (χ1v) is 7.86. The summed E-state index contributed by atoms with van der Waals surface area (Å²) in [4.78, 5) is 29.7. The Morgan fingerprint density at radius 2 is 2.21 bits per heavy atom. The Bertz CT molecular complexity index is 794. The number of hydrogen-bond acceptors (Lipinski definition) is 4. The summed E-state index contributed by atoms with van der Waals surface area (Å²) in [5.74, 6) is 0.292. The number of benzene rings is 1. The van der Waals surface area contributed by atoms with Crippen molar-refractivity contribution in [2.45, 2.75) is 13.3 Å². The quantitative estimate of drug-likeness (QED) is 0.865. The van der Waals surface area contributed by atoms with E-state index in [4.69, 9.17) is 16.3 Å². The van der Waals surface area contributed by atoms with Gasteiger partial charge in [0.25, 0.3) is 5.91 Å². The highest BCUT2D eigenvalue weighted by atomic mass is 35.5. The Morgan fingerprint density at radius 3 is 3.00 bits per heavy atom. The first-order chi connectivity index (χ1) is 11.5. The molecule has 1 N–H and O–H groups in total. The second-order valence-electron chi connectivity index (χ2n) is 5.47. The topological polar surface area (TPSA) is 71.5 Å². The van der Waals surface area contributed by atoms with Gasteiger partial charge in [0.1, 0.15) is 10.9 Å². The van der Waals surface area contributed by atoms with Gasteiger partial charge in [0.15, 0.2) is 6.61 Å². The molecule has 0 bridgehead atoms. The lowest BCUT2D eigenvalue weighted by Gasteiger charge is -2.29. The molecule has 0 aliphatic carbocycles. The zero-order valence-corrected chi connectivity index (χ0v) is 13.8. The van der Waals surface area contributed by atoms with Crippen LogP contribution in [0.2, 0.25) is 5.15 Å². The smallest absolute Gasteiger partial charge is 0.265 e. The number of aromatic nitrogens is 1. The van der Waals surface area contributed by atoms with E-state index in [0.29, 0.717) is 22.3 Å². The number of carbonyl (C=O) groups excluding carboxylic acids is 2. The molecule has 2 amide bonds. The molecule has 0 fully saturated rings. The number of hydrogen-bond donors (Lipinski definition) is 1. The third-order valence-corrected chi connectivity index (χ3v) is 3.84. The van der Waals surface area contributed by atoms with Crippen molar-refractivity contribution < 1.29 is 14.3 Å². The number of amides is 2. The molecule has 1 aromatic heterocycles. The Balaban J connectivity index is 1.67. The van der Waals surface area contributed by atoms with Gasteiger partial charge in [-0.3, -0.25) is 9.59 Å². The predicted octanol–water partition coefficient (Wildman–Crippen LogP) is 2.80. The van der Waals surface area contributed by atoms with Crippen LogP contribution in [0.5, 0.6) is 5.75 Å². The molecule has 0 saturated heterocycles. The van der Waals surface area contributed by atoms with Gasteiger partial charge in [0.05, 0.1) is 5.69 Å². The van der Waals surface area contributed by atoms with E-state index in [1.54, 1.807) is 17.0 Å². The van der Waals surface area contributed by atoms with Crippen molar-refractivity contribution in [3.05, 3.63) is 47.2 Å². The molecule has 2 aromatic rings. The van der Waals surface area contributed by atoms with E-state index in [0.717, 1.165) is 5.56 Å². The fourth-order valence-corrected chi connectivity index (χ4v) is 2.65. The van der Waals surface area contributed by atoms with Crippen molar-refractivity contribution in [3.63, 3.8) is 0 Å². The largest absolute Gasteiger partial charge is 0.482 e. The highest BCUT2D eigenvalue weighted by Crippen LogP contribution is 2.32. The summed E-state index contributed by atoms with van der Waals surface area (Å²) in [7, 11) is 0. The molecule has 1 aliphatic heterocycles. The number of fused-ring (bicyclic) bond motifs is 1. The SMILES string of the molecule is Cc1ccc2c(c1)N(CCC(=O)Nc1ccnc(Cl)c1)C(=O)CO2. The minimum Gasteiger partial charge on any atom is -0.482 e. The van der Waals surface area contributed by atoms with Gasteiger partial charge in [-0.05, 0) is 36.8 Å². The Hall–Kier alpha value is -2.60. The van der Waals surface area contributed by atoms with Crippen molar-refractivity contribution in [3.8, 4) is 5.75 Å². The second kappa shape index (κ2) is 6.88. The number of aryl methyl sites for hydroxylation is 1. The van der Waals surface area contributed by atoms with Crippen LogP contribution in [0.1, 0.15) is 12.0 Å². The normalized spacial score (nSPS) is 13.2. The molecule has 24 heavy (non-hydrogen) atoms. The molecule has 3 rings (SSSR count). The molecule has 6 nitrogen and oxygen atoms in total. The highest BCUT2D eigenvalue weighted by molar-refractivity contribution is 6.29. The van der Waals surface area contributed by atoms with Crippen LogP contribution in [0.4, 0.5) is 11.4 Å². The van der Waals surface area contributed by atoms with Gasteiger partial charge in [-0.2, -0.15) is 0 Å². The average molecular weight is 346 g/mol.